The summed E-state index contributed by atoms with van der Waals surface area (Å²) in [6, 6.07) is 3.87. The molecule has 0 radical (unpaired) electrons. The Balaban J connectivity index is 2.33. The summed E-state index contributed by atoms with van der Waals surface area (Å²) in [5.41, 5.74) is 2.30. The van der Waals surface area contributed by atoms with E-state index in [2.05, 4.69) is 0 Å². The maximum absolute atomic E-state index is 11.6. The normalized spacial score (nSPS) is 17.8. The molecule has 0 saturated heterocycles. The van der Waals surface area contributed by atoms with E-state index in [0.717, 1.165) is 29.9 Å². The Labute approximate surface area is 107 Å². The fourth-order valence-corrected chi connectivity index (χ4v) is 2.49. The van der Waals surface area contributed by atoms with Crippen molar-refractivity contribution in [3.8, 4) is 11.5 Å². The standard InChI is InChI=1S/C14H18O4/c1-16-11-7-10-6-9(14(15)18-3)4-5-12(10)13(8-11)17-2/h7-9H,4-6H2,1-3H3. The summed E-state index contributed by atoms with van der Waals surface area (Å²) in [6.45, 7) is 0. The van der Waals surface area contributed by atoms with Gasteiger partial charge in [0.1, 0.15) is 11.5 Å². The van der Waals surface area contributed by atoms with E-state index < -0.39 is 0 Å². The number of benzene rings is 1. The van der Waals surface area contributed by atoms with E-state index in [0.29, 0.717) is 6.42 Å². The predicted molar refractivity (Wildman–Crippen MR) is 67.1 cm³/mol. The van der Waals surface area contributed by atoms with Crippen LogP contribution < -0.4 is 9.47 Å². The molecule has 0 amide bonds. The van der Waals surface area contributed by atoms with Gasteiger partial charge in [0.25, 0.3) is 0 Å². The van der Waals surface area contributed by atoms with Crippen LogP contribution in [-0.2, 0) is 22.4 Å². The van der Waals surface area contributed by atoms with Gasteiger partial charge in [-0.25, -0.2) is 0 Å². The third kappa shape index (κ3) is 2.28. The molecular weight excluding hydrogens is 232 g/mol. The molecule has 4 nitrogen and oxygen atoms in total. The number of esters is 1. The van der Waals surface area contributed by atoms with Crippen LogP contribution in [0.2, 0.25) is 0 Å². The Morgan fingerprint density at radius 3 is 2.61 bits per heavy atom. The smallest absolute Gasteiger partial charge is 0.309 e. The van der Waals surface area contributed by atoms with Gasteiger partial charge in [-0.2, -0.15) is 0 Å². The molecule has 98 valence electrons. The second-order valence-electron chi connectivity index (χ2n) is 4.43. The Hall–Kier alpha value is -1.71. The minimum atomic E-state index is -0.137. The van der Waals surface area contributed by atoms with Crippen LogP contribution in [0.15, 0.2) is 12.1 Å². The Kier molecular flexibility index (Phi) is 3.75. The molecule has 4 heteroatoms. The van der Waals surface area contributed by atoms with Crippen molar-refractivity contribution >= 4 is 5.97 Å². The summed E-state index contributed by atoms with van der Waals surface area (Å²) in [7, 11) is 4.72. The summed E-state index contributed by atoms with van der Waals surface area (Å²) in [5.74, 6) is 1.41. The van der Waals surface area contributed by atoms with Crippen LogP contribution in [0.5, 0.6) is 11.5 Å². The van der Waals surface area contributed by atoms with E-state index in [4.69, 9.17) is 14.2 Å². The minimum Gasteiger partial charge on any atom is -0.497 e. The van der Waals surface area contributed by atoms with E-state index in [-0.39, 0.29) is 11.9 Å². The average Bonchev–Trinajstić information content (AvgIpc) is 2.44. The third-order valence-corrected chi connectivity index (χ3v) is 3.47. The van der Waals surface area contributed by atoms with Gasteiger partial charge in [-0.05, 0) is 36.5 Å². The number of carbonyl (C=O) groups is 1. The number of ether oxygens (including phenoxy) is 3. The Bertz CT molecular complexity index is 453. The molecule has 1 aromatic carbocycles. The highest BCUT2D eigenvalue weighted by Crippen LogP contribution is 2.36. The van der Waals surface area contributed by atoms with Crippen molar-refractivity contribution in [2.45, 2.75) is 19.3 Å². The lowest BCUT2D eigenvalue weighted by atomic mass is 9.83. The summed E-state index contributed by atoms with van der Waals surface area (Å²) in [4.78, 5) is 11.6. The van der Waals surface area contributed by atoms with Crippen molar-refractivity contribution in [3.63, 3.8) is 0 Å². The van der Waals surface area contributed by atoms with Crippen LogP contribution >= 0.6 is 0 Å². The number of hydrogen-bond acceptors (Lipinski definition) is 4. The highest BCUT2D eigenvalue weighted by Gasteiger charge is 2.27. The van der Waals surface area contributed by atoms with Crippen molar-refractivity contribution < 1.29 is 19.0 Å². The number of carbonyl (C=O) groups excluding carboxylic acids is 1. The molecule has 1 aromatic rings. The quantitative estimate of drug-likeness (QED) is 0.769. The molecule has 0 saturated carbocycles. The molecule has 0 heterocycles. The molecule has 1 atom stereocenters. The topological polar surface area (TPSA) is 44.8 Å². The molecule has 0 N–H and O–H groups in total. The summed E-state index contributed by atoms with van der Waals surface area (Å²) in [6.07, 6.45) is 2.33. The van der Waals surface area contributed by atoms with Gasteiger partial charge in [0.2, 0.25) is 0 Å². The summed E-state index contributed by atoms with van der Waals surface area (Å²) >= 11 is 0. The van der Waals surface area contributed by atoms with Gasteiger partial charge in [0, 0.05) is 6.07 Å². The Morgan fingerprint density at radius 2 is 2.00 bits per heavy atom. The zero-order chi connectivity index (χ0) is 13.1. The van der Waals surface area contributed by atoms with Gasteiger partial charge in [-0.3, -0.25) is 4.79 Å². The fourth-order valence-electron chi connectivity index (χ4n) is 2.49. The van der Waals surface area contributed by atoms with E-state index in [1.807, 2.05) is 12.1 Å². The first-order valence-electron chi connectivity index (χ1n) is 6.01. The second kappa shape index (κ2) is 5.29. The van der Waals surface area contributed by atoms with Crippen molar-refractivity contribution in [2.75, 3.05) is 21.3 Å². The maximum Gasteiger partial charge on any atom is 0.309 e. The van der Waals surface area contributed by atoms with Gasteiger partial charge in [0.15, 0.2) is 0 Å². The van der Waals surface area contributed by atoms with Crippen LogP contribution in [-0.4, -0.2) is 27.3 Å². The average molecular weight is 250 g/mol. The molecule has 0 fully saturated rings. The highest BCUT2D eigenvalue weighted by molar-refractivity contribution is 5.73. The lowest BCUT2D eigenvalue weighted by molar-refractivity contribution is -0.145. The van der Waals surface area contributed by atoms with Crippen LogP contribution in [0, 0.1) is 5.92 Å². The van der Waals surface area contributed by atoms with Crippen molar-refractivity contribution in [1.82, 2.24) is 0 Å². The molecular formula is C14H18O4. The molecule has 1 aliphatic rings. The largest absolute Gasteiger partial charge is 0.497 e. The summed E-state index contributed by atoms with van der Waals surface area (Å²) in [5, 5.41) is 0. The fraction of sp³-hybridized carbons (Fsp3) is 0.500. The van der Waals surface area contributed by atoms with Crippen LogP contribution in [0.1, 0.15) is 17.5 Å². The summed E-state index contributed by atoms with van der Waals surface area (Å²) < 4.78 is 15.4. The molecule has 0 bridgehead atoms. The minimum absolute atomic E-state index is 0.0562. The number of hydrogen-bond donors (Lipinski definition) is 0. The molecule has 1 unspecified atom stereocenters. The monoisotopic (exact) mass is 250 g/mol. The number of fused-ring (bicyclic) bond motifs is 1. The first-order valence-corrected chi connectivity index (χ1v) is 6.01. The van der Waals surface area contributed by atoms with Gasteiger partial charge < -0.3 is 14.2 Å². The van der Waals surface area contributed by atoms with Gasteiger partial charge >= 0.3 is 5.97 Å². The van der Waals surface area contributed by atoms with Crippen molar-refractivity contribution in [2.24, 2.45) is 5.92 Å². The molecule has 0 aromatic heterocycles. The zero-order valence-electron chi connectivity index (χ0n) is 11.0. The molecule has 18 heavy (non-hydrogen) atoms. The van der Waals surface area contributed by atoms with Crippen LogP contribution in [0.3, 0.4) is 0 Å². The lowest BCUT2D eigenvalue weighted by Crippen LogP contribution is -2.24. The van der Waals surface area contributed by atoms with Crippen LogP contribution in [0.4, 0.5) is 0 Å². The van der Waals surface area contributed by atoms with Gasteiger partial charge in [-0.1, -0.05) is 0 Å². The van der Waals surface area contributed by atoms with Gasteiger partial charge in [-0.15, -0.1) is 0 Å². The molecule has 1 aliphatic carbocycles. The molecule has 0 spiro atoms. The maximum atomic E-state index is 11.6. The Morgan fingerprint density at radius 1 is 1.22 bits per heavy atom. The van der Waals surface area contributed by atoms with E-state index in [9.17, 15) is 4.79 Å². The van der Waals surface area contributed by atoms with E-state index in [1.165, 1.54) is 12.7 Å². The predicted octanol–water partition coefficient (Wildman–Crippen LogP) is 1.98. The second-order valence-corrected chi connectivity index (χ2v) is 4.43. The number of methoxy groups -OCH3 is 3. The van der Waals surface area contributed by atoms with Crippen molar-refractivity contribution in [3.05, 3.63) is 23.3 Å². The van der Waals surface area contributed by atoms with Crippen LogP contribution in [0.25, 0.3) is 0 Å². The van der Waals surface area contributed by atoms with E-state index >= 15 is 0 Å². The zero-order valence-corrected chi connectivity index (χ0v) is 11.0. The van der Waals surface area contributed by atoms with E-state index in [1.54, 1.807) is 14.2 Å². The first kappa shape index (κ1) is 12.7. The molecule has 2 rings (SSSR count). The van der Waals surface area contributed by atoms with Crippen molar-refractivity contribution in [1.29, 1.82) is 0 Å². The molecule has 0 aliphatic heterocycles. The third-order valence-electron chi connectivity index (χ3n) is 3.47. The number of rotatable bonds is 3. The van der Waals surface area contributed by atoms with Gasteiger partial charge in [0.05, 0.1) is 27.2 Å². The lowest BCUT2D eigenvalue weighted by Gasteiger charge is -2.24. The first-order chi connectivity index (χ1) is 8.69. The highest BCUT2D eigenvalue weighted by atomic mass is 16.5. The SMILES string of the molecule is COC(=O)C1CCc2c(cc(OC)cc2OC)C1.